The fourth-order valence-corrected chi connectivity index (χ4v) is 3.72. The summed E-state index contributed by atoms with van der Waals surface area (Å²) >= 11 is 0. The van der Waals surface area contributed by atoms with Gasteiger partial charge in [-0.1, -0.05) is 0 Å². The average molecular weight is 210 g/mol. The van der Waals surface area contributed by atoms with Crippen molar-refractivity contribution in [1.29, 1.82) is 0 Å². The van der Waals surface area contributed by atoms with E-state index in [4.69, 9.17) is 4.12 Å². The molecule has 0 aliphatic carbocycles. The molecule has 2 aromatic rings. The van der Waals surface area contributed by atoms with Gasteiger partial charge in [0.15, 0.2) is 0 Å². The van der Waals surface area contributed by atoms with E-state index in [2.05, 4.69) is 19.9 Å². The number of nitrogens with zero attached hydrogens (tertiary/aromatic N) is 2. The molecule has 0 saturated carbocycles. The second-order valence-electron chi connectivity index (χ2n) is 2.56. The molecule has 2 rings (SSSR count). The van der Waals surface area contributed by atoms with E-state index in [9.17, 15) is 0 Å². The molecule has 0 amide bonds. The Balaban J connectivity index is 1.76. The van der Waals surface area contributed by atoms with Crippen molar-refractivity contribution in [3.63, 3.8) is 0 Å². The van der Waals surface area contributed by atoms with Gasteiger partial charge >= 0.3 is 0 Å². The first-order valence-electron chi connectivity index (χ1n) is 3.99. The quantitative estimate of drug-likeness (QED) is 0.538. The van der Waals surface area contributed by atoms with Crippen molar-refractivity contribution in [2.45, 2.75) is 0 Å². The van der Waals surface area contributed by atoms with Gasteiger partial charge < -0.3 is 14.1 Å². The topological polar surface area (TPSA) is 66.6 Å². The predicted octanol–water partition coefficient (Wildman–Crippen LogP) is -2.73. The van der Waals surface area contributed by atoms with Gasteiger partial charge in [0.1, 0.15) is 10.9 Å². The second kappa shape index (κ2) is 4.16. The largest absolute Gasteiger partial charge is 0.454 e. The van der Waals surface area contributed by atoms with Crippen molar-refractivity contribution in [3.05, 3.63) is 24.8 Å². The molecule has 2 heterocycles. The minimum atomic E-state index is -0.656. The summed E-state index contributed by atoms with van der Waals surface area (Å²) in [5.41, 5.74) is 2.00. The highest BCUT2D eigenvalue weighted by molar-refractivity contribution is 6.58. The number of hydrogen-bond acceptors (Lipinski definition) is 3. The van der Waals surface area contributed by atoms with Crippen molar-refractivity contribution in [2.24, 2.45) is 0 Å². The Hall–Kier alpha value is -1.19. The third kappa shape index (κ3) is 2.37. The number of aromatic amines is 2. The lowest BCUT2D eigenvalue weighted by Crippen LogP contribution is -2.29. The Labute approximate surface area is 79.9 Å². The molecule has 0 aliphatic rings. The molecule has 13 heavy (non-hydrogen) atoms. The van der Waals surface area contributed by atoms with Gasteiger partial charge in [-0.25, -0.2) is 9.97 Å². The molecular weight excluding hydrogens is 200 g/mol. The average Bonchev–Trinajstić information content (AvgIpc) is 2.75. The zero-order chi connectivity index (χ0) is 8.93. The van der Waals surface area contributed by atoms with Crippen LogP contribution in [0.5, 0.6) is 0 Å². The van der Waals surface area contributed by atoms with Crippen LogP contribution in [0.3, 0.4) is 0 Å². The Morgan fingerprint density at radius 1 is 1.00 bits per heavy atom. The maximum absolute atomic E-state index is 5.61. The second-order valence-corrected chi connectivity index (χ2v) is 6.11. The van der Waals surface area contributed by atoms with Crippen LogP contribution in [0.1, 0.15) is 0 Å². The number of imidazole rings is 2. The van der Waals surface area contributed by atoms with Crippen LogP contribution in [-0.2, 0) is 4.12 Å². The van der Waals surface area contributed by atoms with Crippen LogP contribution in [0, 0.1) is 0 Å². The molecular formula is C6H10N4OSi2. The zero-order valence-electron chi connectivity index (χ0n) is 7.03. The first-order valence-corrected chi connectivity index (χ1v) is 6.56. The van der Waals surface area contributed by atoms with Gasteiger partial charge in [0.2, 0.25) is 19.5 Å². The third-order valence-corrected chi connectivity index (χ3v) is 4.54. The van der Waals surface area contributed by atoms with Crippen LogP contribution in [-0.4, -0.2) is 39.5 Å². The smallest absolute Gasteiger partial charge is 0.221 e. The van der Waals surface area contributed by atoms with Crippen LogP contribution >= 0.6 is 0 Å². The highest BCUT2D eigenvalue weighted by Gasteiger charge is 1.98. The minimum absolute atomic E-state index is 0.656. The Morgan fingerprint density at radius 2 is 1.54 bits per heavy atom. The number of nitrogens with one attached hydrogen (secondary N) is 2. The number of H-pyrrole nitrogens is 2. The fraction of sp³-hybridized carbons (Fsp3) is 0. The van der Waals surface area contributed by atoms with Gasteiger partial charge in [0.05, 0.1) is 0 Å². The molecule has 0 bridgehead atoms. The van der Waals surface area contributed by atoms with E-state index in [0.29, 0.717) is 0 Å². The molecule has 0 spiro atoms. The Kier molecular flexibility index (Phi) is 2.70. The number of rotatable bonds is 4. The van der Waals surface area contributed by atoms with Crippen molar-refractivity contribution >= 4 is 30.4 Å². The van der Waals surface area contributed by atoms with Crippen LogP contribution in [0.15, 0.2) is 24.8 Å². The Morgan fingerprint density at radius 3 is 1.92 bits per heavy atom. The highest BCUT2D eigenvalue weighted by Crippen LogP contribution is 1.71. The number of hydrogen-bond donors (Lipinski definition) is 2. The Bertz CT molecular complexity index is 299. The molecule has 0 aromatic carbocycles. The highest BCUT2D eigenvalue weighted by atomic mass is 28.3. The number of aromatic nitrogens is 4. The predicted molar refractivity (Wildman–Crippen MR) is 54.6 cm³/mol. The molecule has 68 valence electrons. The fourth-order valence-electron chi connectivity index (χ4n) is 0.998. The van der Waals surface area contributed by atoms with Gasteiger partial charge in [0.25, 0.3) is 0 Å². The normalized spacial score (nSPS) is 12.3. The summed E-state index contributed by atoms with van der Waals surface area (Å²) in [5, 5.41) is 0. The molecule has 0 fully saturated rings. The maximum Gasteiger partial charge on any atom is 0.221 e. The summed E-state index contributed by atoms with van der Waals surface area (Å²) in [6.07, 6.45) is 7.14. The van der Waals surface area contributed by atoms with Crippen molar-refractivity contribution in [1.82, 2.24) is 19.9 Å². The molecule has 0 unspecified atom stereocenters. The molecule has 0 atom stereocenters. The first kappa shape index (κ1) is 8.41. The summed E-state index contributed by atoms with van der Waals surface area (Å²) < 4.78 is 5.61. The first-order chi connectivity index (χ1) is 6.45. The van der Waals surface area contributed by atoms with Crippen LogP contribution < -0.4 is 10.9 Å². The van der Waals surface area contributed by atoms with E-state index in [1.54, 1.807) is 12.4 Å². The van der Waals surface area contributed by atoms with Gasteiger partial charge in [-0.05, 0) is 0 Å². The van der Waals surface area contributed by atoms with Gasteiger partial charge in [-0.3, -0.25) is 0 Å². The lowest BCUT2D eigenvalue weighted by molar-refractivity contribution is 0.658. The summed E-state index contributed by atoms with van der Waals surface area (Å²) in [4.78, 5) is 14.3. The summed E-state index contributed by atoms with van der Waals surface area (Å²) in [7, 11) is -1.31. The molecule has 5 nitrogen and oxygen atoms in total. The summed E-state index contributed by atoms with van der Waals surface area (Å²) in [5.74, 6) is 0. The SMILES string of the molecule is c1c[nH]c([SiH2]O[SiH2]c2ncc[nH]2)n1. The molecule has 0 aliphatic heterocycles. The van der Waals surface area contributed by atoms with Crippen LogP contribution in [0.2, 0.25) is 0 Å². The van der Waals surface area contributed by atoms with Crippen LogP contribution in [0.25, 0.3) is 0 Å². The summed E-state index contributed by atoms with van der Waals surface area (Å²) in [6, 6.07) is 0. The van der Waals surface area contributed by atoms with Crippen molar-refractivity contribution < 1.29 is 4.12 Å². The standard InChI is InChI=1S/C6H10N4OSi2/c1-2-8-5(7-1)12-11-13-6-9-3-4-10-6/h1-4H,12-13H2,(H,7,8)(H,9,10). The lowest BCUT2D eigenvalue weighted by atomic mass is 11.0. The minimum Gasteiger partial charge on any atom is -0.454 e. The zero-order valence-corrected chi connectivity index (χ0v) is 9.85. The van der Waals surface area contributed by atoms with E-state index in [-0.39, 0.29) is 0 Å². The van der Waals surface area contributed by atoms with E-state index in [1.165, 1.54) is 0 Å². The summed E-state index contributed by atoms with van der Waals surface area (Å²) in [6.45, 7) is 0. The van der Waals surface area contributed by atoms with E-state index in [0.717, 1.165) is 10.9 Å². The molecule has 0 saturated heterocycles. The van der Waals surface area contributed by atoms with Gasteiger partial charge in [-0.2, -0.15) is 0 Å². The van der Waals surface area contributed by atoms with Gasteiger partial charge in [-0.15, -0.1) is 0 Å². The monoisotopic (exact) mass is 210 g/mol. The molecule has 2 aromatic heterocycles. The maximum atomic E-state index is 5.61. The van der Waals surface area contributed by atoms with Crippen molar-refractivity contribution in [3.8, 4) is 0 Å². The lowest BCUT2D eigenvalue weighted by Gasteiger charge is -1.97. The molecule has 2 N–H and O–H groups in total. The van der Waals surface area contributed by atoms with Crippen LogP contribution in [0.4, 0.5) is 0 Å². The molecule has 7 heteroatoms. The van der Waals surface area contributed by atoms with E-state index < -0.39 is 19.5 Å². The van der Waals surface area contributed by atoms with Crippen molar-refractivity contribution in [2.75, 3.05) is 0 Å². The van der Waals surface area contributed by atoms with Gasteiger partial charge in [0, 0.05) is 24.8 Å². The van der Waals surface area contributed by atoms with E-state index >= 15 is 0 Å². The third-order valence-electron chi connectivity index (χ3n) is 1.59. The van der Waals surface area contributed by atoms with E-state index in [1.807, 2.05) is 12.4 Å². The molecule has 0 radical (unpaired) electrons.